The van der Waals surface area contributed by atoms with E-state index in [1.165, 1.54) is 73.9 Å². The fraction of sp³-hybridized carbons (Fsp3) is 0.0149. The molecule has 0 aliphatic rings. The van der Waals surface area contributed by atoms with Crippen LogP contribution < -0.4 is 15.6 Å². The van der Waals surface area contributed by atoms with Gasteiger partial charge in [-0.2, -0.15) is 0 Å². The van der Waals surface area contributed by atoms with Crippen LogP contribution in [-0.2, 0) is 6.04 Å². The van der Waals surface area contributed by atoms with Crippen LogP contribution in [-0.4, -0.2) is 17.2 Å². The number of furan rings is 1. The zero-order valence-electron chi connectivity index (χ0n) is 39.2. The first kappa shape index (κ1) is 41.1. The minimum absolute atomic E-state index is 0.893. The molecule has 15 rings (SSSR count). The molecule has 0 fully saturated rings. The van der Waals surface area contributed by atoms with Crippen molar-refractivity contribution in [1.82, 2.24) is 9.13 Å². The van der Waals surface area contributed by atoms with Gasteiger partial charge in [0.05, 0.1) is 22.1 Å². The lowest BCUT2D eigenvalue weighted by atomic mass is 10.0. The van der Waals surface area contributed by atoms with E-state index in [0.717, 1.165) is 61.5 Å². The highest BCUT2D eigenvalue weighted by molar-refractivity contribution is 7.26. The Balaban J connectivity index is 0.947. The second kappa shape index (κ2) is 16.2. The lowest BCUT2D eigenvalue weighted by Crippen LogP contribution is -2.68. The van der Waals surface area contributed by atoms with Crippen molar-refractivity contribution in [2.24, 2.45) is 0 Å². The zero-order chi connectivity index (χ0) is 47.3. The molecule has 0 amide bonds. The van der Waals surface area contributed by atoms with Crippen molar-refractivity contribution < 1.29 is 4.42 Å². The van der Waals surface area contributed by atoms with Crippen molar-refractivity contribution in [1.29, 1.82) is 0 Å². The van der Waals surface area contributed by atoms with Gasteiger partial charge in [-0.25, -0.2) is 0 Å². The van der Waals surface area contributed by atoms with E-state index in [1.54, 1.807) is 0 Å². The van der Waals surface area contributed by atoms with Crippen LogP contribution >= 0.6 is 11.3 Å². The van der Waals surface area contributed by atoms with Gasteiger partial charge in [0, 0.05) is 69.4 Å². The number of hydrogen-bond acceptors (Lipinski definition) is 2. The number of fused-ring (bicyclic) bond motifs is 12. The third kappa shape index (κ3) is 6.14. The molecule has 0 atom stereocenters. The number of aromatic nitrogens is 2. The molecule has 72 heavy (non-hydrogen) atoms. The molecule has 0 saturated carbocycles. The highest BCUT2D eigenvalue weighted by atomic mass is 32.1. The molecule has 0 spiro atoms. The molecule has 5 heteroatoms. The van der Waals surface area contributed by atoms with Crippen LogP contribution in [0.1, 0.15) is 5.56 Å². The minimum Gasteiger partial charge on any atom is -0.455 e. The van der Waals surface area contributed by atoms with Crippen molar-refractivity contribution >= 4 is 121 Å². The number of rotatable bonds is 8. The van der Waals surface area contributed by atoms with Gasteiger partial charge in [0.25, 0.3) is 0 Å². The van der Waals surface area contributed by atoms with Gasteiger partial charge in [0.15, 0.2) is 8.07 Å². The van der Waals surface area contributed by atoms with Crippen molar-refractivity contribution in [2.75, 3.05) is 0 Å². The van der Waals surface area contributed by atoms with Gasteiger partial charge < -0.3 is 13.6 Å². The molecule has 0 N–H and O–H groups in total. The maximum atomic E-state index is 6.63. The van der Waals surface area contributed by atoms with E-state index >= 15 is 0 Å². The fourth-order valence-corrected chi connectivity index (χ4v) is 18.0. The molecule has 0 saturated heterocycles. The van der Waals surface area contributed by atoms with Crippen LogP contribution in [0.15, 0.2) is 259 Å². The minimum atomic E-state index is -2.78. The number of nitrogens with zero attached hydrogens (tertiary/aromatic N) is 2. The summed E-state index contributed by atoms with van der Waals surface area (Å²) in [7, 11) is -2.78. The zero-order valence-corrected chi connectivity index (χ0v) is 41.0. The SMILES string of the molecule is c1ccc(-c2cc(-n3c4ccccc4c4cc(-n5c6ccccc6c6c(C[Si](c7ccccc7)(c7ccccc7)c7ccc8sc9ccccc9c8c7)cccc65)ccc43)cc3c2oc2ccccc23)cc1. The number of hydrogen-bond donors (Lipinski definition) is 0. The summed E-state index contributed by atoms with van der Waals surface area (Å²) in [5.74, 6) is 0. The molecule has 15 aromatic rings. The largest absolute Gasteiger partial charge is 0.455 e. The molecule has 11 aromatic carbocycles. The predicted octanol–water partition coefficient (Wildman–Crippen LogP) is 16.1. The Morgan fingerprint density at radius 2 is 0.944 bits per heavy atom. The Morgan fingerprint density at radius 1 is 0.361 bits per heavy atom. The standard InChI is InChI=1S/C67H44N2OSSi/c1-4-19-44(20-5-1)55-40-47(41-58-52-27-12-16-33-63(52)70-67(55)58)69-59-30-14-10-26-51(59)56-39-46(35-37-61(56)69)68-60-31-15-11-29-54(60)66-45(21-18-32-62(66)68)43-72(48-22-6-2-7-23-48,49-24-8-3-9-25-49)50-36-38-65-57(42-50)53-28-13-17-34-64(53)71-65/h1-42H,43H2. The molecule has 0 bridgehead atoms. The molecule has 0 radical (unpaired) electrons. The van der Waals surface area contributed by atoms with E-state index in [0.29, 0.717) is 0 Å². The van der Waals surface area contributed by atoms with Gasteiger partial charge in [-0.15, -0.1) is 11.3 Å². The molecule has 4 aromatic heterocycles. The van der Waals surface area contributed by atoms with Gasteiger partial charge in [0.1, 0.15) is 11.2 Å². The van der Waals surface area contributed by atoms with Crippen LogP contribution in [0.4, 0.5) is 0 Å². The topological polar surface area (TPSA) is 23.0 Å². The molecule has 3 nitrogen and oxygen atoms in total. The van der Waals surface area contributed by atoms with Crippen molar-refractivity contribution in [3.8, 4) is 22.5 Å². The Kier molecular flexibility index (Phi) is 9.22. The van der Waals surface area contributed by atoms with E-state index in [9.17, 15) is 0 Å². The van der Waals surface area contributed by atoms with E-state index in [1.807, 2.05) is 11.3 Å². The van der Waals surface area contributed by atoms with E-state index in [-0.39, 0.29) is 0 Å². The molecule has 0 aliphatic heterocycles. The molecule has 0 aliphatic carbocycles. The highest BCUT2D eigenvalue weighted by Gasteiger charge is 2.40. The summed E-state index contributed by atoms with van der Waals surface area (Å²) >= 11 is 1.89. The van der Waals surface area contributed by atoms with Gasteiger partial charge in [-0.3, -0.25) is 0 Å². The molecule has 0 unspecified atom stereocenters. The van der Waals surface area contributed by atoms with Crippen LogP contribution in [0, 0.1) is 0 Å². The average molecular weight is 953 g/mol. The normalized spacial score (nSPS) is 12.2. The number of benzene rings is 11. The van der Waals surface area contributed by atoms with Gasteiger partial charge in [-0.05, 0) is 99.5 Å². The van der Waals surface area contributed by atoms with Crippen molar-refractivity contribution in [2.45, 2.75) is 6.04 Å². The molecular weight excluding hydrogens is 909 g/mol. The highest BCUT2D eigenvalue weighted by Crippen LogP contribution is 2.43. The maximum Gasteiger partial charge on any atom is 0.152 e. The van der Waals surface area contributed by atoms with Crippen LogP contribution in [0.5, 0.6) is 0 Å². The fourth-order valence-electron chi connectivity index (χ4n) is 12.2. The summed E-state index contributed by atoms with van der Waals surface area (Å²) in [5.41, 5.74) is 12.3. The van der Waals surface area contributed by atoms with Gasteiger partial charge in [-0.1, -0.05) is 188 Å². The molecular formula is C67H44N2OSSi. The van der Waals surface area contributed by atoms with E-state index < -0.39 is 8.07 Å². The first-order valence-corrected chi connectivity index (χ1v) is 27.8. The summed E-state index contributed by atoms with van der Waals surface area (Å²) in [4.78, 5) is 0. The van der Waals surface area contributed by atoms with Crippen molar-refractivity contribution in [3.05, 3.63) is 260 Å². The summed E-state index contributed by atoms with van der Waals surface area (Å²) in [6, 6.07) is 95.7. The number of thiophene rings is 1. The lowest BCUT2D eigenvalue weighted by molar-refractivity contribution is 0.670. The van der Waals surface area contributed by atoms with Crippen molar-refractivity contribution in [3.63, 3.8) is 0 Å². The third-order valence-electron chi connectivity index (χ3n) is 15.4. The smallest absolute Gasteiger partial charge is 0.152 e. The van der Waals surface area contributed by atoms with Gasteiger partial charge >= 0.3 is 0 Å². The second-order valence-corrected chi connectivity index (χ2v) is 24.2. The van der Waals surface area contributed by atoms with Crippen LogP contribution in [0.25, 0.3) is 108 Å². The van der Waals surface area contributed by atoms with E-state index in [4.69, 9.17) is 4.42 Å². The lowest BCUT2D eigenvalue weighted by Gasteiger charge is -2.34. The third-order valence-corrected chi connectivity index (χ3v) is 21.4. The van der Waals surface area contributed by atoms with Crippen LogP contribution in [0.2, 0.25) is 0 Å². The first-order valence-electron chi connectivity index (χ1n) is 24.8. The summed E-state index contributed by atoms with van der Waals surface area (Å²) in [6.07, 6.45) is 0. The summed E-state index contributed by atoms with van der Waals surface area (Å²) < 4.78 is 14.2. The van der Waals surface area contributed by atoms with Crippen LogP contribution in [0.3, 0.4) is 0 Å². The molecule has 4 heterocycles. The van der Waals surface area contributed by atoms with E-state index in [2.05, 4.69) is 264 Å². The predicted molar refractivity (Wildman–Crippen MR) is 308 cm³/mol. The maximum absolute atomic E-state index is 6.63. The average Bonchev–Trinajstić information content (AvgIpc) is 4.21. The monoisotopic (exact) mass is 952 g/mol. The first-order chi connectivity index (χ1) is 35.7. The second-order valence-electron chi connectivity index (χ2n) is 19.2. The summed E-state index contributed by atoms with van der Waals surface area (Å²) in [5, 5.41) is 14.2. The van der Waals surface area contributed by atoms with Gasteiger partial charge in [0.2, 0.25) is 0 Å². The number of para-hydroxylation sites is 3. The Morgan fingerprint density at radius 3 is 1.72 bits per heavy atom. The molecule has 338 valence electrons. The quantitative estimate of drug-likeness (QED) is 0.110. The Bertz CT molecular complexity index is 4560. The Hall–Kier alpha value is -8.74. The Labute approximate surface area is 420 Å². The summed E-state index contributed by atoms with van der Waals surface area (Å²) in [6.45, 7) is 0.